The van der Waals surface area contributed by atoms with Crippen molar-refractivity contribution in [2.45, 2.75) is 25.4 Å². The molecule has 1 heterocycles. The fourth-order valence-electron chi connectivity index (χ4n) is 3.29. The van der Waals surface area contributed by atoms with Gasteiger partial charge in [-0.1, -0.05) is 77.5 Å². The maximum absolute atomic E-state index is 12.6. The maximum atomic E-state index is 12.6. The number of carbonyl (C=O) groups excluding carboxylic acids is 1. The first-order valence-electron chi connectivity index (χ1n) is 10.2. The van der Waals surface area contributed by atoms with Crippen molar-refractivity contribution in [3.8, 4) is 5.69 Å². The quantitative estimate of drug-likeness (QED) is 0.349. The van der Waals surface area contributed by atoms with Crippen molar-refractivity contribution in [2.24, 2.45) is 0 Å². The lowest BCUT2D eigenvalue weighted by molar-refractivity contribution is -0.113. The molecule has 3 aromatic carbocycles. The summed E-state index contributed by atoms with van der Waals surface area (Å²) in [5, 5.41) is 13.0. The van der Waals surface area contributed by atoms with Crippen LogP contribution < -0.4 is 5.32 Å². The minimum atomic E-state index is -0.122. The largest absolute Gasteiger partial charge is 0.325 e. The molecule has 7 heteroatoms. The number of halogens is 1. The van der Waals surface area contributed by atoms with E-state index in [0.29, 0.717) is 22.3 Å². The molecule has 0 atom stereocenters. The van der Waals surface area contributed by atoms with Crippen LogP contribution in [0.15, 0.2) is 78.0 Å². The van der Waals surface area contributed by atoms with Crippen LogP contribution in [0.4, 0.5) is 5.69 Å². The van der Waals surface area contributed by atoms with Crippen molar-refractivity contribution >= 4 is 35.0 Å². The van der Waals surface area contributed by atoms with Gasteiger partial charge in [-0.15, -0.1) is 10.2 Å². The molecule has 5 nitrogen and oxygen atoms in total. The van der Waals surface area contributed by atoms with Gasteiger partial charge in [0.25, 0.3) is 0 Å². The van der Waals surface area contributed by atoms with Gasteiger partial charge >= 0.3 is 0 Å². The molecule has 0 aliphatic carbocycles. The molecule has 4 rings (SSSR count). The minimum absolute atomic E-state index is 0.122. The second kappa shape index (κ2) is 10.0. The average molecular weight is 463 g/mol. The summed E-state index contributed by atoms with van der Waals surface area (Å²) in [5.74, 6) is 0.915. The first kappa shape index (κ1) is 22.1. The van der Waals surface area contributed by atoms with Crippen molar-refractivity contribution in [1.82, 2.24) is 14.8 Å². The maximum Gasteiger partial charge on any atom is 0.234 e. The predicted octanol–water partition coefficient (Wildman–Crippen LogP) is 5.86. The lowest BCUT2D eigenvalue weighted by Crippen LogP contribution is -2.15. The van der Waals surface area contributed by atoms with Gasteiger partial charge in [-0.25, -0.2) is 0 Å². The van der Waals surface area contributed by atoms with Gasteiger partial charge in [-0.05, 0) is 49.2 Å². The molecule has 0 radical (unpaired) electrons. The van der Waals surface area contributed by atoms with Crippen LogP contribution in [0, 0.1) is 13.8 Å². The Labute approximate surface area is 196 Å². The number of amides is 1. The highest BCUT2D eigenvalue weighted by atomic mass is 35.5. The molecular weight excluding hydrogens is 440 g/mol. The van der Waals surface area contributed by atoms with Gasteiger partial charge in [-0.2, -0.15) is 0 Å². The zero-order chi connectivity index (χ0) is 22.5. The summed E-state index contributed by atoms with van der Waals surface area (Å²) >= 11 is 7.42. The number of aryl methyl sites for hydroxylation is 2. The van der Waals surface area contributed by atoms with Crippen LogP contribution in [0.1, 0.15) is 22.5 Å². The van der Waals surface area contributed by atoms with Crippen LogP contribution in [0.25, 0.3) is 5.69 Å². The van der Waals surface area contributed by atoms with Gasteiger partial charge in [0.2, 0.25) is 5.91 Å². The van der Waals surface area contributed by atoms with Gasteiger partial charge in [0.1, 0.15) is 5.82 Å². The number of benzene rings is 3. The summed E-state index contributed by atoms with van der Waals surface area (Å²) in [7, 11) is 0. The molecule has 0 bridgehead atoms. The van der Waals surface area contributed by atoms with E-state index < -0.39 is 0 Å². The van der Waals surface area contributed by atoms with E-state index in [4.69, 9.17) is 11.6 Å². The highest BCUT2D eigenvalue weighted by Crippen LogP contribution is 2.25. The Balaban J connectivity index is 1.55. The zero-order valence-electron chi connectivity index (χ0n) is 17.9. The Hall–Kier alpha value is -3.09. The van der Waals surface area contributed by atoms with Crippen molar-refractivity contribution in [3.63, 3.8) is 0 Å². The number of aromatic nitrogens is 3. The van der Waals surface area contributed by atoms with Gasteiger partial charge in [0, 0.05) is 22.8 Å². The molecular formula is C25H23ClN4OS. The number of thioether (sulfide) groups is 1. The second-order valence-corrected chi connectivity index (χ2v) is 8.91. The van der Waals surface area contributed by atoms with E-state index in [1.807, 2.05) is 47.9 Å². The zero-order valence-corrected chi connectivity index (χ0v) is 19.5. The molecule has 0 aliphatic heterocycles. The Morgan fingerprint density at radius 3 is 2.50 bits per heavy atom. The van der Waals surface area contributed by atoms with E-state index in [1.54, 1.807) is 12.1 Å². The predicted molar refractivity (Wildman–Crippen MR) is 131 cm³/mol. The Morgan fingerprint density at radius 2 is 1.75 bits per heavy atom. The number of nitrogens with zero attached hydrogens (tertiary/aromatic N) is 3. The fourth-order valence-corrected chi connectivity index (χ4v) is 4.23. The third kappa shape index (κ3) is 5.39. The third-order valence-electron chi connectivity index (χ3n) is 5.00. The Morgan fingerprint density at radius 1 is 1.00 bits per heavy atom. The molecule has 1 aromatic heterocycles. The van der Waals surface area contributed by atoms with Crippen LogP contribution in [0.5, 0.6) is 0 Å². The summed E-state index contributed by atoms with van der Waals surface area (Å²) in [6.07, 6.45) is 0.649. The van der Waals surface area contributed by atoms with E-state index in [2.05, 4.69) is 46.7 Å². The van der Waals surface area contributed by atoms with E-state index in [0.717, 1.165) is 22.6 Å². The number of hydrogen-bond donors (Lipinski definition) is 1. The molecule has 0 saturated heterocycles. The summed E-state index contributed by atoms with van der Waals surface area (Å²) in [6.45, 7) is 3.99. The van der Waals surface area contributed by atoms with Crippen molar-refractivity contribution in [2.75, 3.05) is 11.1 Å². The summed E-state index contributed by atoms with van der Waals surface area (Å²) < 4.78 is 2.02. The van der Waals surface area contributed by atoms with Crippen LogP contribution >= 0.6 is 23.4 Å². The fraction of sp³-hybridized carbons (Fsp3) is 0.160. The normalized spacial score (nSPS) is 10.8. The first-order valence-corrected chi connectivity index (χ1v) is 11.6. The summed E-state index contributed by atoms with van der Waals surface area (Å²) in [6, 6.07) is 23.8. The van der Waals surface area contributed by atoms with Gasteiger partial charge in [0.05, 0.1) is 5.75 Å². The van der Waals surface area contributed by atoms with Crippen LogP contribution in [-0.4, -0.2) is 26.4 Å². The molecule has 1 amide bonds. The second-order valence-electron chi connectivity index (χ2n) is 7.53. The third-order valence-corrected chi connectivity index (χ3v) is 6.17. The van der Waals surface area contributed by atoms with E-state index in [-0.39, 0.29) is 11.7 Å². The molecule has 4 aromatic rings. The van der Waals surface area contributed by atoms with Gasteiger partial charge in [0.15, 0.2) is 5.16 Å². The topological polar surface area (TPSA) is 59.8 Å². The SMILES string of the molecule is Cc1ccc(-n2c(Cc3ccccc3)nnc2SCC(=O)Nc2cc(Cl)ccc2C)cc1. The Bertz CT molecular complexity index is 1220. The molecule has 162 valence electrons. The van der Waals surface area contributed by atoms with E-state index in [1.165, 1.54) is 17.3 Å². The molecule has 32 heavy (non-hydrogen) atoms. The lowest BCUT2D eigenvalue weighted by Gasteiger charge is -2.11. The number of nitrogens with one attached hydrogen (secondary N) is 1. The summed E-state index contributed by atoms with van der Waals surface area (Å²) in [5.41, 5.74) is 4.98. The number of rotatable bonds is 7. The van der Waals surface area contributed by atoms with Crippen molar-refractivity contribution < 1.29 is 4.79 Å². The molecule has 1 N–H and O–H groups in total. The van der Waals surface area contributed by atoms with Crippen LogP contribution in [0.2, 0.25) is 5.02 Å². The standard InChI is InChI=1S/C25H23ClN4OS/c1-17-8-12-21(13-9-17)30-23(14-19-6-4-3-5-7-19)28-29-25(30)32-16-24(31)27-22-15-20(26)11-10-18(22)2/h3-13,15H,14,16H2,1-2H3,(H,27,31). The number of anilines is 1. The van der Waals surface area contributed by atoms with E-state index in [9.17, 15) is 4.79 Å². The highest BCUT2D eigenvalue weighted by Gasteiger charge is 2.17. The molecule has 0 saturated carbocycles. The van der Waals surface area contributed by atoms with Crippen molar-refractivity contribution in [3.05, 3.63) is 100 Å². The van der Waals surface area contributed by atoms with Gasteiger partial charge < -0.3 is 5.32 Å². The van der Waals surface area contributed by atoms with E-state index >= 15 is 0 Å². The molecule has 0 unspecified atom stereocenters. The monoisotopic (exact) mass is 462 g/mol. The lowest BCUT2D eigenvalue weighted by atomic mass is 10.1. The first-order chi connectivity index (χ1) is 15.5. The smallest absolute Gasteiger partial charge is 0.234 e. The number of carbonyl (C=O) groups is 1. The average Bonchev–Trinajstić information content (AvgIpc) is 3.18. The van der Waals surface area contributed by atoms with Crippen LogP contribution in [-0.2, 0) is 11.2 Å². The Kier molecular flexibility index (Phi) is 6.93. The highest BCUT2D eigenvalue weighted by molar-refractivity contribution is 7.99. The molecule has 0 spiro atoms. The summed E-state index contributed by atoms with van der Waals surface area (Å²) in [4.78, 5) is 12.6. The van der Waals surface area contributed by atoms with Crippen molar-refractivity contribution in [1.29, 1.82) is 0 Å². The van der Waals surface area contributed by atoms with Gasteiger partial charge in [-0.3, -0.25) is 9.36 Å². The molecule has 0 aliphatic rings. The minimum Gasteiger partial charge on any atom is -0.325 e. The van der Waals surface area contributed by atoms with Crippen LogP contribution in [0.3, 0.4) is 0 Å². The molecule has 0 fully saturated rings. The number of hydrogen-bond acceptors (Lipinski definition) is 4.